The fourth-order valence-electron chi connectivity index (χ4n) is 3.88. The highest BCUT2D eigenvalue weighted by Crippen LogP contribution is 2.44. The Balaban J connectivity index is 1.60. The largest absolute Gasteiger partial charge is 0.383 e. The molecule has 2 aliphatic heterocycles. The van der Waals surface area contributed by atoms with Gasteiger partial charge in [0.05, 0.1) is 19.8 Å². The smallest absolute Gasteiger partial charge is 0.220 e. The van der Waals surface area contributed by atoms with Crippen LogP contribution >= 0.6 is 11.6 Å². The summed E-state index contributed by atoms with van der Waals surface area (Å²) in [6.07, 6.45) is 0.521. The van der Waals surface area contributed by atoms with Gasteiger partial charge in [0.15, 0.2) is 0 Å². The minimum atomic E-state index is -0.0598. The summed E-state index contributed by atoms with van der Waals surface area (Å²) >= 11 is 6.08. The molecule has 2 aliphatic rings. The number of nitrogens with zero attached hydrogens (tertiary/aromatic N) is 1. The van der Waals surface area contributed by atoms with E-state index in [9.17, 15) is 4.79 Å². The zero-order valence-corrected chi connectivity index (χ0v) is 14.8. The van der Waals surface area contributed by atoms with Gasteiger partial charge in [-0.15, -0.1) is 0 Å². The van der Waals surface area contributed by atoms with E-state index in [0.29, 0.717) is 32.1 Å². The molecule has 0 unspecified atom stereocenters. The summed E-state index contributed by atoms with van der Waals surface area (Å²) in [6, 6.07) is 7.98. The summed E-state index contributed by atoms with van der Waals surface area (Å²) in [5, 5.41) is 3.70. The van der Waals surface area contributed by atoms with Crippen LogP contribution in [0.25, 0.3) is 0 Å². The van der Waals surface area contributed by atoms with E-state index < -0.39 is 0 Å². The van der Waals surface area contributed by atoms with Gasteiger partial charge in [-0.1, -0.05) is 23.7 Å². The van der Waals surface area contributed by atoms with Crippen molar-refractivity contribution in [2.45, 2.75) is 13.0 Å². The molecule has 2 heterocycles. The molecule has 1 amide bonds. The lowest BCUT2D eigenvalue weighted by atomic mass is 9.78. The Morgan fingerprint density at radius 2 is 2.42 bits per heavy atom. The van der Waals surface area contributed by atoms with Gasteiger partial charge in [-0.2, -0.15) is 0 Å². The maximum absolute atomic E-state index is 12.3. The van der Waals surface area contributed by atoms with Crippen molar-refractivity contribution in [3.05, 3.63) is 34.9 Å². The van der Waals surface area contributed by atoms with E-state index >= 15 is 0 Å². The summed E-state index contributed by atoms with van der Waals surface area (Å²) in [5.74, 6) is 0.511. The Kier molecular flexibility index (Phi) is 5.76. The van der Waals surface area contributed by atoms with Gasteiger partial charge < -0.3 is 14.8 Å². The molecule has 2 saturated heterocycles. The minimum Gasteiger partial charge on any atom is -0.383 e. The molecule has 5 nitrogen and oxygen atoms in total. The van der Waals surface area contributed by atoms with Crippen molar-refractivity contribution in [1.82, 2.24) is 10.2 Å². The van der Waals surface area contributed by atoms with Crippen molar-refractivity contribution in [3.8, 4) is 0 Å². The molecule has 24 heavy (non-hydrogen) atoms. The lowest BCUT2D eigenvalue weighted by Crippen LogP contribution is -2.38. The quantitative estimate of drug-likeness (QED) is 0.762. The first kappa shape index (κ1) is 17.7. The Hall–Kier alpha value is -1.14. The van der Waals surface area contributed by atoms with Crippen molar-refractivity contribution >= 4 is 17.5 Å². The van der Waals surface area contributed by atoms with Crippen LogP contribution < -0.4 is 5.32 Å². The number of carbonyl (C=O) groups excluding carboxylic acids is 1. The first-order chi connectivity index (χ1) is 11.6. The van der Waals surface area contributed by atoms with E-state index in [0.717, 1.165) is 31.3 Å². The van der Waals surface area contributed by atoms with Gasteiger partial charge in [-0.3, -0.25) is 9.69 Å². The molecule has 0 bridgehead atoms. The summed E-state index contributed by atoms with van der Waals surface area (Å²) in [4.78, 5) is 14.7. The van der Waals surface area contributed by atoms with E-state index in [-0.39, 0.29) is 11.3 Å². The molecule has 0 spiro atoms. The molecule has 0 radical (unpaired) electrons. The Bertz CT molecular complexity index is 583. The van der Waals surface area contributed by atoms with Crippen LogP contribution in [0.1, 0.15) is 12.0 Å². The Labute approximate surface area is 148 Å². The first-order valence-electron chi connectivity index (χ1n) is 8.41. The van der Waals surface area contributed by atoms with E-state index in [1.165, 1.54) is 5.56 Å². The zero-order chi connectivity index (χ0) is 17.0. The molecule has 1 aromatic rings. The molecule has 0 aromatic heterocycles. The van der Waals surface area contributed by atoms with Crippen LogP contribution in [-0.2, 0) is 20.8 Å². The highest BCUT2D eigenvalue weighted by atomic mass is 35.5. The average molecular weight is 353 g/mol. The first-order valence-corrected chi connectivity index (χ1v) is 8.79. The van der Waals surface area contributed by atoms with Crippen LogP contribution in [0.5, 0.6) is 0 Å². The number of rotatable bonds is 7. The second kappa shape index (κ2) is 7.83. The normalized spacial score (nSPS) is 26.5. The predicted octanol–water partition coefficient (Wildman–Crippen LogP) is 1.94. The third kappa shape index (κ3) is 4.09. The van der Waals surface area contributed by atoms with Crippen LogP contribution in [-0.4, -0.2) is 57.4 Å². The molecule has 6 heteroatoms. The molecule has 3 rings (SSSR count). The van der Waals surface area contributed by atoms with Crippen molar-refractivity contribution in [2.24, 2.45) is 11.3 Å². The molecular formula is C18H25ClN2O3. The molecule has 132 valence electrons. The van der Waals surface area contributed by atoms with Crippen molar-refractivity contribution < 1.29 is 14.3 Å². The van der Waals surface area contributed by atoms with E-state index in [2.05, 4.69) is 16.3 Å². The third-order valence-corrected chi connectivity index (χ3v) is 5.26. The van der Waals surface area contributed by atoms with E-state index in [1.807, 2.05) is 18.2 Å². The minimum absolute atomic E-state index is 0.0598. The van der Waals surface area contributed by atoms with Gasteiger partial charge in [0.25, 0.3) is 0 Å². The number of likely N-dealkylation sites (tertiary alicyclic amines) is 1. The van der Waals surface area contributed by atoms with E-state index in [4.69, 9.17) is 21.1 Å². The van der Waals surface area contributed by atoms with Crippen molar-refractivity contribution in [3.63, 3.8) is 0 Å². The number of hydrogen-bond acceptors (Lipinski definition) is 4. The molecule has 0 aliphatic carbocycles. The van der Waals surface area contributed by atoms with Crippen LogP contribution in [0.2, 0.25) is 5.02 Å². The lowest BCUT2D eigenvalue weighted by Gasteiger charge is -2.26. The second-order valence-corrected chi connectivity index (χ2v) is 7.33. The van der Waals surface area contributed by atoms with Crippen LogP contribution in [0.4, 0.5) is 0 Å². The molecule has 2 fully saturated rings. The van der Waals surface area contributed by atoms with Crippen LogP contribution in [0, 0.1) is 11.3 Å². The fraction of sp³-hybridized carbons (Fsp3) is 0.611. The standard InChI is InChI=1S/C18H25ClN2O3/c1-23-6-5-20-17(22)8-18-12-21(10-15(18)11-24-13-18)9-14-3-2-4-16(19)7-14/h2-4,7,15H,5-6,8-13H2,1H3,(H,20,22)/t15-,18+/m0/s1. The third-order valence-electron chi connectivity index (χ3n) is 5.03. The van der Waals surface area contributed by atoms with Gasteiger partial charge in [0.1, 0.15) is 0 Å². The molecular weight excluding hydrogens is 328 g/mol. The van der Waals surface area contributed by atoms with Gasteiger partial charge >= 0.3 is 0 Å². The topological polar surface area (TPSA) is 50.8 Å². The van der Waals surface area contributed by atoms with Crippen LogP contribution in [0.3, 0.4) is 0 Å². The van der Waals surface area contributed by atoms with Gasteiger partial charge in [0.2, 0.25) is 5.91 Å². The van der Waals surface area contributed by atoms with Gasteiger partial charge in [-0.05, 0) is 17.7 Å². The number of methoxy groups -OCH3 is 1. The molecule has 1 N–H and O–H groups in total. The summed E-state index contributed by atoms with van der Waals surface area (Å²) in [6.45, 7) is 5.24. The highest BCUT2D eigenvalue weighted by Gasteiger charge is 2.51. The highest BCUT2D eigenvalue weighted by molar-refractivity contribution is 6.30. The average Bonchev–Trinajstić information content (AvgIpc) is 3.03. The number of carbonyl (C=O) groups is 1. The molecule has 1 aromatic carbocycles. The van der Waals surface area contributed by atoms with Gasteiger partial charge in [0, 0.05) is 56.1 Å². The maximum atomic E-state index is 12.3. The summed E-state index contributed by atoms with van der Waals surface area (Å²) in [5.41, 5.74) is 1.15. The molecule has 2 atom stereocenters. The second-order valence-electron chi connectivity index (χ2n) is 6.89. The summed E-state index contributed by atoms with van der Waals surface area (Å²) < 4.78 is 10.7. The van der Waals surface area contributed by atoms with Gasteiger partial charge in [-0.25, -0.2) is 0 Å². The Morgan fingerprint density at radius 1 is 1.54 bits per heavy atom. The lowest BCUT2D eigenvalue weighted by molar-refractivity contribution is -0.123. The number of nitrogens with one attached hydrogen (secondary N) is 1. The predicted molar refractivity (Wildman–Crippen MR) is 93.0 cm³/mol. The number of halogens is 1. The number of ether oxygens (including phenoxy) is 2. The van der Waals surface area contributed by atoms with Crippen LogP contribution in [0.15, 0.2) is 24.3 Å². The number of benzene rings is 1. The van der Waals surface area contributed by atoms with E-state index in [1.54, 1.807) is 7.11 Å². The molecule has 0 saturated carbocycles. The fourth-order valence-corrected chi connectivity index (χ4v) is 4.09. The number of hydrogen-bond donors (Lipinski definition) is 1. The maximum Gasteiger partial charge on any atom is 0.220 e. The number of amides is 1. The summed E-state index contributed by atoms with van der Waals surface area (Å²) in [7, 11) is 1.64. The monoisotopic (exact) mass is 352 g/mol. The van der Waals surface area contributed by atoms with Crippen molar-refractivity contribution in [2.75, 3.05) is 46.6 Å². The Morgan fingerprint density at radius 3 is 3.21 bits per heavy atom. The SMILES string of the molecule is COCCNC(=O)C[C@@]12COC[C@@H]1CN(Cc1cccc(Cl)c1)C2. The zero-order valence-electron chi connectivity index (χ0n) is 14.1. The van der Waals surface area contributed by atoms with Crippen molar-refractivity contribution in [1.29, 1.82) is 0 Å². The number of fused-ring (bicyclic) bond motifs is 1.